The summed E-state index contributed by atoms with van der Waals surface area (Å²) in [5.41, 5.74) is 4.70. The Balaban J connectivity index is 0.000000161. The van der Waals surface area contributed by atoms with E-state index in [1.165, 1.54) is 11.1 Å². The molecular weight excluding hydrogens is 316 g/mol. The fraction of sp³-hybridized carbons (Fsp3) is 0.333. The summed E-state index contributed by atoms with van der Waals surface area (Å²) in [5.74, 6) is 5.04. The Morgan fingerprint density at radius 1 is 0.808 bits per heavy atom. The first-order valence-corrected chi connectivity index (χ1v) is 9.06. The van der Waals surface area contributed by atoms with Gasteiger partial charge >= 0.3 is 0 Å². The molecule has 4 rings (SSSR count). The largest absolute Gasteiger partial charge is 0.299 e. The van der Waals surface area contributed by atoms with E-state index in [0.717, 1.165) is 36.8 Å². The molecule has 0 aromatic heterocycles. The summed E-state index contributed by atoms with van der Waals surface area (Å²) in [5, 5.41) is 6.19. The molecular formula is C24H26N2. The molecule has 2 aliphatic carbocycles. The average molecular weight is 344 g/mol. The third-order valence-corrected chi connectivity index (χ3v) is 4.78. The first kappa shape index (κ1) is 15.7. The van der Waals surface area contributed by atoms with Crippen LogP contribution in [0.5, 0.6) is 0 Å². The number of aryl methyl sites for hydroxylation is 2. The van der Waals surface area contributed by atoms with Gasteiger partial charge in [0.25, 0.3) is 0 Å². The molecule has 2 aromatic rings. The van der Waals surface area contributed by atoms with Crippen LogP contribution < -0.4 is 10.6 Å². The smallest absolute Gasteiger partial charge is 0.0578 e. The Morgan fingerprint density at radius 3 is 1.65 bits per heavy atom. The second kappa shape index (κ2) is 9.25. The van der Waals surface area contributed by atoms with Crippen molar-refractivity contribution >= 4 is 0 Å². The molecule has 2 heteroatoms. The van der Waals surface area contributed by atoms with E-state index in [9.17, 15) is 0 Å². The minimum atomic E-state index is -0.664. The Bertz CT molecular complexity index is 836. The van der Waals surface area contributed by atoms with Gasteiger partial charge in [0.15, 0.2) is 0 Å². The highest BCUT2D eigenvalue weighted by atomic mass is 14.9. The molecule has 26 heavy (non-hydrogen) atoms. The van der Waals surface area contributed by atoms with Crippen LogP contribution >= 0.6 is 0 Å². The van der Waals surface area contributed by atoms with Crippen molar-refractivity contribution in [3.63, 3.8) is 0 Å². The number of hydrogen-bond acceptors (Lipinski definition) is 2. The molecule has 2 aromatic carbocycles. The lowest BCUT2D eigenvalue weighted by molar-refractivity contribution is 0.568. The molecule has 2 nitrogen and oxygen atoms in total. The minimum absolute atomic E-state index is 0.456. The number of fused-ring (bicyclic) bond motifs is 2. The van der Waals surface area contributed by atoms with Crippen molar-refractivity contribution in [3.8, 4) is 24.7 Å². The monoisotopic (exact) mass is 344 g/mol. The summed E-state index contributed by atoms with van der Waals surface area (Å²) in [6, 6.07) is 14.9. The van der Waals surface area contributed by atoms with Gasteiger partial charge in [0.05, 0.1) is 15.8 Å². The van der Waals surface area contributed by atoms with Gasteiger partial charge in [0, 0.05) is 12.0 Å². The summed E-state index contributed by atoms with van der Waals surface area (Å²) < 4.78 is 16.5. The molecule has 2 aliphatic rings. The zero-order valence-electron chi connectivity index (χ0n) is 17.0. The molecule has 0 spiro atoms. The zero-order chi connectivity index (χ0) is 20.0. The van der Waals surface area contributed by atoms with Crippen molar-refractivity contribution in [1.82, 2.24) is 10.6 Å². The third-order valence-electron chi connectivity index (χ3n) is 4.78. The molecule has 0 heterocycles. The van der Waals surface area contributed by atoms with Crippen molar-refractivity contribution in [1.29, 1.82) is 0 Å². The maximum atomic E-state index is 8.26. The van der Waals surface area contributed by atoms with Gasteiger partial charge in [-0.25, -0.2) is 0 Å². The van der Waals surface area contributed by atoms with Gasteiger partial charge in [-0.3, -0.25) is 10.6 Å². The zero-order valence-corrected chi connectivity index (χ0v) is 15.0. The van der Waals surface area contributed by atoms with E-state index < -0.39 is 12.0 Å². The van der Waals surface area contributed by atoms with Gasteiger partial charge in [0.2, 0.25) is 0 Å². The van der Waals surface area contributed by atoms with E-state index in [0.29, 0.717) is 13.1 Å². The molecule has 0 saturated heterocycles. The van der Waals surface area contributed by atoms with Crippen LogP contribution in [-0.2, 0) is 12.8 Å². The topological polar surface area (TPSA) is 24.1 Å². The predicted octanol–water partition coefficient (Wildman–Crippen LogP) is 3.79. The predicted molar refractivity (Wildman–Crippen MR) is 109 cm³/mol. The molecule has 1 unspecified atom stereocenters. The second-order valence-corrected chi connectivity index (χ2v) is 6.39. The van der Waals surface area contributed by atoms with E-state index in [4.69, 9.17) is 15.6 Å². The fourth-order valence-electron chi connectivity index (χ4n) is 3.54. The first-order valence-electron chi connectivity index (χ1n) is 10.1. The van der Waals surface area contributed by atoms with E-state index in [2.05, 4.69) is 34.6 Å². The van der Waals surface area contributed by atoms with Crippen LogP contribution in [0.1, 0.15) is 49.9 Å². The van der Waals surface area contributed by atoms with Crippen LogP contribution in [0.4, 0.5) is 0 Å². The lowest BCUT2D eigenvalue weighted by atomic mass is 10.1. The van der Waals surface area contributed by atoms with Crippen molar-refractivity contribution in [2.75, 3.05) is 13.1 Å². The van der Waals surface area contributed by atoms with Gasteiger partial charge in [0.1, 0.15) is 0 Å². The summed E-state index contributed by atoms with van der Waals surface area (Å²) in [4.78, 5) is 0. The van der Waals surface area contributed by atoms with E-state index in [-0.39, 0.29) is 0 Å². The van der Waals surface area contributed by atoms with Crippen LogP contribution in [0.2, 0.25) is 0 Å². The molecule has 0 radical (unpaired) electrons. The van der Waals surface area contributed by atoms with E-state index in [1.54, 1.807) is 0 Å². The standard InChI is InChI=1S/2C12H13N/c2*1-2-9-13-12-8-7-10-5-3-4-6-11(10)12/h2*1,3-6,12-13H,7-9H2/t12-;/m1./s1/i2*12D. The minimum Gasteiger partial charge on any atom is -0.299 e. The Morgan fingerprint density at radius 2 is 1.23 bits per heavy atom. The first-order chi connectivity index (χ1) is 13.5. The molecule has 0 bridgehead atoms. The van der Waals surface area contributed by atoms with Crippen LogP contribution in [0, 0.1) is 24.7 Å². The van der Waals surface area contributed by atoms with Gasteiger partial charge in [-0.05, 0) is 47.9 Å². The van der Waals surface area contributed by atoms with Gasteiger partial charge in [-0.15, -0.1) is 12.8 Å². The number of benzene rings is 2. The lowest BCUT2D eigenvalue weighted by Crippen LogP contribution is -2.19. The van der Waals surface area contributed by atoms with Gasteiger partial charge in [-0.2, -0.15) is 0 Å². The molecule has 0 fully saturated rings. The van der Waals surface area contributed by atoms with Crippen molar-refractivity contribution in [2.24, 2.45) is 0 Å². The maximum Gasteiger partial charge on any atom is 0.0578 e. The second-order valence-electron chi connectivity index (χ2n) is 6.39. The molecule has 0 aliphatic heterocycles. The maximum absolute atomic E-state index is 8.26. The Hall–Kier alpha value is -2.52. The van der Waals surface area contributed by atoms with Crippen LogP contribution in [0.25, 0.3) is 0 Å². The number of terminal acetylenes is 2. The number of nitrogens with one attached hydrogen (secondary N) is 2. The highest BCUT2D eigenvalue weighted by Crippen LogP contribution is 2.31. The van der Waals surface area contributed by atoms with Crippen LogP contribution in [0.15, 0.2) is 48.5 Å². The highest BCUT2D eigenvalue weighted by Gasteiger charge is 2.21. The summed E-state index contributed by atoms with van der Waals surface area (Å²) >= 11 is 0. The van der Waals surface area contributed by atoms with E-state index >= 15 is 0 Å². The lowest BCUT2D eigenvalue weighted by Gasteiger charge is -2.10. The van der Waals surface area contributed by atoms with Gasteiger partial charge < -0.3 is 0 Å². The molecule has 0 saturated carbocycles. The quantitative estimate of drug-likeness (QED) is 0.825. The molecule has 2 atom stereocenters. The van der Waals surface area contributed by atoms with Crippen molar-refractivity contribution < 1.29 is 2.74 Å². The van der Waals surface area contributed by atoms with Crippen LogP contribution in [-0.4, -0.2) is 13.1 Å². The van der Waals surface area contributed by atoms with Crippen molar-refractivity contribution in [3.05, 3.63) is 70.8 Å². The normalized spacial score (nSPS) is 26.2. The van der Waals surface area contributed by atoms with E-state index in [1.807, 2.05) is 36.4 Å². The Labute approximate surface area is 160 Å². The van der Waals surface area contributed by atoms with Gasteiger partial charge in [-0.1, -0.05) is 60.4 Å². The number of hydrogen-bond donors (Lipinski definition) is 2. The third kappa shape index (κ3) is 4.36. The summed E-state index contributed by atoms with van der Waals surface area (Å²) in [6.45, 7) is 0.912. The molecule has 0 amide bonds. The van der Waals surface area contributed by atoms with Crippen LogP contribution in [0.3, 0.4) is 0 Å². The SMILES string of the molecule is [2H]C1(NCC#C)CCc2ccccc21.[2H][C@@]1(NCC#C)CCc2ccccc21. The number of rotatable bonds is 4. The fourth-order valence-corrected chi connectivity index (χ4v) is 3.54. The molecule has 132 valence electrons. The average Bonchev–Trinajstić information content (AvgIpc) is 3.25. The Kier molecular flexibility index (Phi) is 5.59. The summed E-state index contributed by atoms with van der Waals surface area (Å²) in [7, 11) is 0. The van der Waals surface area contributed by atoms with Crippen molar-refractivity contribution in [2.45, 2.75) is 37.7 Å². The molecule has 2 N–H and O–H groups in total. The highest BCUT2D eigenvalue weighted by molar-refractivity contribution is 5.35. The summed E-state index contributed by atoms with van der Waals surface area (Å²) in [6.07, 6.45) is 13.9.